The largest absolute Gasteiger partial charge is 0.321 e. The molecule has 1 saturated heterocycles. The molecule has 0 saturated carbocycles. The molecule has 3 heteroatoms. The van der Waals surface area contributed by atoms with Gasteiger partial charge in [0.25, 0.3) is 5.91 Å². The second-order valence-electron chi connectivity index (χ2n) is 7.80. The zero-order chi connectivity index (χ0) is 18.6. The van der Waals surface area contributed by atoms with Gasteiger partial charge in [-0.3, -0.25) is 4.79 Å². The second-order valence-corrected chi connectivity index (χ2v) is 7.80. The number of carbonyl (C=O) groups excluding carboxylic acids is 1. The number of nitrogens with zero attached hydrogens (tertiary/aromatic N) is 1. The van der Waals surface area contributed by atoms with Crippen molar-refractivity contribution in [2.45, 2.75) is 46.6 Å². The van der Waals surface area contributed by atoms with E-state index in [0.29, 0.717) is 6.54 Å². The Morgan fingerprint density at radius 2 is 1.62 bits per heavy atom. The minimum Gasteiger partial charge on any atom is -0.321 e. The average molecular weight is 352 g/mol. The van der Waals surface area contributed by atoms with Gasteiger partial charge >= 0.3 is 0 Å². The molecular formula is C23H31N2O+. The Labute approximate surface area is 157 Å². The summed E-state index contributed by atoms with van der Waals surface area (Å²) in [5.74, 6) is 0.137. The van der Waals surface area contributed by atoms with E-state index in [4.69, 9.17) is 0 Å². The molecule has 2 aromatic rings. The quantitative estimate of drug-likeness (QED) is 0.756. The Bertz CT molecular complexity index is 738. The summed E-state index contributed by atoms with van der Waals surface area (Å²) in [6.45, 7) is 10.0. The number of hydrogen-bond acceptors (Lipinski definition) is 1. The van der Waals surface area contributed by atoms with Gasteiger partial charge in [-0.05, 0) is 37.0 Å². The molecule has 0 atom stereocenters. The molecule has 0 aliphatic carbocycles. The maximum Gasteiger partial charge on any atom is 0.279 e. The molecule has 1 heterocycles. The van der Waals surface area contributed by atoms with Crippen molar-refractivity contribution in [3.8, 4) is 0 Å². The number of benzene rings is 2. The van der Waals surface area contributed by atoms with Crippen molar-refractivity contribution in [2.75, 3.05) is 25.0 Å². The lowest BCUT2D eigenvalue weighted by atomic mass is 10.0. The van der Waals surface area contributed by atoms with E-state index in [-0.39, 0.29) is 5.91 Å². The van der Waals surface area contributed by atoms with Gasteiger partial charge in [0.15, 0.2) is 6.54 Å². The van der Waals surface area contributed by atoms with Crippen LogP contribution in [0, 0.1) is 13.8 Å². The van der Waals surface area contributed by atoms with Gasteiger partial charge < -0.3 is 9.80 Å². The zero-order valence-corrected chi connectivity index (χ0v) is 16.3. The summed E-state index contributed by atoms with van der Waals surface area (Å²) < 4.78 is 0.876. The lowest BCUT2D eigenvalue weighted by Crippen LogP contribution is -2.49. The highest BCUT2D eigenvalue weighted by molar-refractivity contribution is 5.93. The van der Waals surface area contributed by atoms with E-state index in [9.17, 15) is 4.79 Å². The van der Waals surface area contributed by atoms with Gasteiger partial charge in [-0.15, -0.1) is 0 Å². The molecule has 1 aliphatic rings. The fraction of sp³-hybridized carbons (Fsp3) is 0.435. The number of rotatable bonds is 6. The summed E-state index contributed by atoms with van der Waals surface area (Å²) in [6, 6.07) is 14.9. The van der Waals surface area contributed by atoms with Crippen LogP contribution >= 0.6 is 0 Å². The Morgan fingerprint density at radius 3 is 2.19 bits per heavy atom. The summed E-state index contributed by atoms with van der Waals surface area (Å²) in [5.41, 5.74) is 5.95. The van der Waals surface area contributed by atoms with Crippen molar-refractivity contribution >= 4 is 11.6 Å². The molecule has 0 spiro atoms. The molecule has 0 radical (unpaired) electrons. The van der Waals surface area contributed by atoms with Crippen molar-refractivity contribution in [3.63, 3.8) is 0 Å². The van der Waals surface area contributed by atoms with Gasteiger partial charge in [0.2, 0.25) is 0 Å². The van der Waals surface area contributed by atoms with Crippen LogP contribution in [0.1, 0.15) is 42.0 Å². The molecular weight excluding hydrogens is 320 g/mol. The molecule has 2 aromatic carbocycles. The number of aryl methyl sites for hydroxylation is 3. The summed E-state index contributed by atoms with van der Waals surface area (Å²) in [4.78, 5) is 12.9. The lowest BCUT2D eigenvalue weighted by Gasteiger charge is -2.33. The SMILES string of the molecule is CCc1cc(C)c(NC(=O)C[N+]2(Cc3ccccc3)CCCC2)c(C)c1. The molecule has 1 amide bonds. The van der Waals surface area contributed by atoms with Crippen LogP contribution in [0.2, 0.25) is 0 Å². The first-order chi connectivity index (χ1) is 12.5. The number of likely N-dealkylation sites (tertiary alicyclic amines) is 1. The number of anilines is 1. The van der Waals surface area contributed by atoms with Gasteiger partial charge in [-0.2, -0.15) is 0 Å². The number of hydrogen-bond donors (Lipinski definition) is 1. The number of carbonyl (C=O) groups is 1. The Morgan fingerprint density at radius 1 is 1.00 bits per heavy atom. The number of amides is 1. The standard InChI is InChI=1S/C23H30N2O/c1-4-20-14-18(2)23(19(3)15-20)24-22(26)17-25(12-8-9-13-25)16-21-10-6-5-7-11-21/h5-7,10-11,14-15H,4,8-9,12-13,16-17H2,1-3H3/p+1. The first-order valence-electron chi connectivity index (χ1n) is 9.80. The van der Waals surface area contributed by atoms with E-state index in [0.717, 1.165) is 47.4 Å². The summed E-state index contributed by atoms with van der Waals surface area (Å²) in [6.07, 6.45) is 3.44. The first-order valence-corrected chi connectivity index (χ1v) is 9.80. The van der Waals surface area contributed by atoms with Crippen LogP contribution < -0.4 is 5.32 Å². The van der Waals surface area contributed by atoms with Gasteiger partial charge in [-0.25, -0.2) is 0 Å². The highest BCUT2D eigenvalue weighted by Gasteiger charge is 2.34. The smallest absolute Gasteiger partial charge is 0.279 e. The third-order valence-electron chi connectivity index (χ3n) is 5.62. The molecule has 3 nitrogen and oxygen atoms in total. The van der Waals surface area contributed by atoms with E-state index < -0.39 is 0 Å². The van der Waals surface area contributed by atoms with Crippen molar-refractivity contribution in [1.82, 2.24) is 0 Å². The Balaban J connectivity index is 1.73. The third kappa shape index (κ3) is 4.34. The van der Waals surface area contributed by atoms with Crippen LogP contribution in [0.25, 0.3) is 0 Å². The average Bonchev–Trinajstić information content (AvgIpc) is 3.06. The maximum absolute atomic E-state index is 12.9. The van der Waals surface area contributed by atoms with Gasteiger partial charge in [0, 0.05) is 24.1 Å². The van der Waals surface area contributed by atoms with Crippen LogP contribution in [0.5, 0.6) is 0 Å². The normalized spacial score (nSPS) is 15.8. The highest BCUT2D eigenvalue weighted by Crippen LogP contribution is 2.26. The fourth-order valence-corrected chi connectivity index (χ4v) is 4.29. The van der Waals surface area contributed by atoms with Crippen LogP contribution in [0.4, 0.5) is 5.69 Å². The van der Waals surface area contributed by atoms with E-state index in [1.54, 1.807) is 0 Å². The molecule has 0 bridgehead atoms. The molecule has 1 fully saturated rings. The number of nitrogens with one attached hydrogen (secondary N) is 1. The zero-order valence-electron chi connectivity index (χ0n) is 16.3. The third-order valence-corrected chi connectivity index (χ3v) is 5.62. The van der Waals surface area contributed by atoms with Gasteiger partial charge in [-0.1, -0.05) is 49.4 Å². The second kappa shape index (κ2) is 8.05. The maximum atomic E-state index is 12.9. The highest BCUT2D eigenvalue weighted by atomic mass is 16.2. The van der Waals surface area contributed by atoms with E-state index in [1.807, 2.05) is 0 Å². The number of quaternary nitrogens is 1. The fourth-order valence-electron chi connectivity index (χ4n) is 4.29. The molecule has 1 aliphatic heterocycles. The van der Waals surface area contributed by atoms with E-state index in [1.165, 1.54) is 24.0 Å². The van der Waals surface area contributed by atoms with Gasteiger partial charge in [0.05, 0.1) is 13.1 Å². The Kier molecular flexibility index (Phi) is 5.77. The minimum absolute atomic E-state index is 0.137. The topological polar surface area (TPSA) is 29.1 Å². The van der Waals surface area contributed by atoms with Crippen molar-refractivity contribution in [1.29, 1.82) is 0 Å². The summed E-state index contributed by atoms with van der Waals surface area (Å²) >= 11 is 0. The van der Waals surface area contributed by atoms with Crippen LogP contribution in [0.15, 0.2) is 42.5 Å². The van der Waals surface area contributed by atoms with Gasteiger partial charge in [0.1, 0.15) is 6.54 Å². The molecule has 0 unspecified atom stereocenters. The molecule has 26 heavy (non-hydrogen) atoms. The Hall–Kier alpha value is -2.13. The minimum atomic E-state index is 0.137. The van der Waals surface area contributed by atoms with Crippen molar-refractivity contribution < 1.29 is 9.28 Å². The first kappa shape index (κ1) is 18.7. The predicted octanol–water partition coefficient (Wildman–Crippen LogP) is 4.62. The molecule has 3 rings (SSSR count). The molecule has 138 valence electrons. The lowest BCUT2D eigenvalue weighted by molar-refractivity contribution is -0.922. The molecule has 1 N–H and O–H groups in total. The van der Waals surface area contributed by atoms with Crippen LogP contribution in [-0.2, 0) is 17.8 Å². The predicted molar refractivity (Wildman–Crippen MR) is 108 cm³/mol. The monoisotopic (exact) mass is 351 g/mol. The summed E-state index contributed by atoms with van der Waals surface area (Å²) in [7, 11) is 0. The van der Waals surface area contributed by atoms with E-state index >= 15 is 0 Å². The molecule has 0 aromatic heterocycles. The van der Waals surface area contributed by atoms with Crippen molar-refractivity contribution in [3.05, 3.63) is 64.7 Å². The van der Waals surface area contributed by atoms with E-state index in [2.05, 4.69) is 68.6 Å². The summed E-state index contributed by atoms with van der Waals surface area (Å²) in [5, 5.41) is 3.21. The van der Waals surface area contributed by atoms with Crippen molar-refractivity contribution in [2.24, 2.45) is 0 Å². The van der Waals surface area contributed by atoms with Crippen LogP contribution in [0.3, 0.4) is 0 Å². The van der Waals surface area contributed by atoms with Crippen LogP contribution in [-0.4, -0.2) is 30.0 Å².